The summed E-state index contributed by atoms with van der Waals surface area (Å²) in [6, 6.07) is 3.82. The normalized spacial score (nSPS) is 15.8. The highest BCUT2D eigenvalue weighted by molar-refractivity contribution is 5.91. The van der Waals surface area contributed by atoms with Crippen molar-refractivity contribution in [1.29, 1.82) is 0 Å². The molecule has 6 nitrogen and oxygen atoms in total. The molecule has 96 valence electrons. The SMILES string of the molecule is CC(OC(=O)c1ccc(NC2CC2)nc1)C(N)=O. The molecule has 18 heavy (non-hydrogen) atoms. The highest BCUT2D eigenvalue weighted by Gasteiger charge is 2.21. The molecule has 1 aromatic rings. The Morgan fingerprint density at radius 1 is 1.50 bits per heavy atom. The zero-order valence-corrected chi connectivity index (χ0v) is 10.1. The molecule has 0 saturated heterocycles. The molecule has 1 heterocycles. The van der Waals surface area contributed by atoms with Crippen LogP contribution in [0.3, 0.4) is 0 Å². The average Bonchev–Trinajstić information content (AvgIpc) is 3.13. The molecule has 0 spiro atoms. The maximum Gasteiger partial charge on any atom is 0.340 e. The third kappa shape index (κ3) is 3.19. The van der Waals surface area contributed by atoms with Crippen LogP contribution in [0.1, 0.15) is 30.1 Å². The predicted octanol–water partition coefficient (Wildman–Crippen LogP) is 0.686. The number of hydrogen-bond donors (Lipinski definition) is 2. The quantitative estimate of drug-likeness (QED) is 0.748. The standard InChI is InChI=1S/C12H15N3O3/c1-7(11(13)16)18-12(17)8-2-5-10(14-6-8)15-9-3-4-9/h2,5-7,9H,3-4H2,1H3,(H2,13,16)(H,14,15). The number of esters is 1. The average molecular weight is 249 g/mol. The van der Waals surface area contributed by atoms with E-state index in [1.807, 2.05) is 0 Å². The lowest BCUT2D eigenvalue weighted by molar-refractivity contribution is -0.125. The molecule has 6 heteroatoms. The number of carbonyl (C=O) groups excluding carboxylic acids is 2. The van der Waals surface area contributed by atoms with Crippen LogP contribution in [0.4, 0.5) is 5.82 Å². The molecule has 1 unspecified atom stereocenters. The number of nitrogens with one attached hydrogen (secondary N) is 1. The zero-order valence-electron chi connectivity index (χ0n) is 10.1. The summed E-state index contributed by atoms with van der Waals surface area (Å²) >= 11 is 0. The minimum Gasteiger partial charge on any atom is -0.449 e. The van der Waals surface area contributed by atoms with E-state index in [0.717, 1.165) is 18.7 Å². The topological polar surface area (TPSA) is 94.3 Å². The van der Waals surface area contributed by atoms with Crippen molar-refractivity contribution in [3.05, 3.63) is 23.9 Å². The van der Waals surface area contributed by atoms with Gasteiger partial charge in [-0.1, -0.05) is 0 Å². The molecular formula is C12H15N3O3. The number of aromatic nitrogens is 1. The second kappa shape index (κ2) is 5.03. The van der Waals surface area contributed by atoms with E-state index in [0.29, 0.717) is 11.6 Å². The first-order valence-corrected chi connectivity index (χ1v) is 5.79. The van der Waals surface area contributed by atoms with E-state index in [1.165, 1.54) is 13.1 Å². The highest BCUT2D eigenvalue weighted by atomic mass is 16.5. The maximum atomic E-state index is 11.6. The van der Waals surface area contributed by atoms with Gasteiger partial charge in [-0.25, -0.2) is 9.78 Å². The lowest BCUT2D eigenvalue weighted by Crippen LogP contribution is -2.30. The summed E-state index contributed by atoms with van der Waals surface area (Å²) in [5, 5.41) is 3.20. The molecule has 1 aliphatic carbocycles. The number of nitrogens with two attached hydrogens (primary N) is 1. The Kier molecular flexibility index (Phi) is 3.45. The second-order valence-corrected chi connectivity index (χ2v) is 4.30. The fraction of sp³-hybridized carbons (Fsp3) is 0.417. The number of nitrogens with zero attached hydrogens (tertiary/aromatic N) is 1. The van der Waals surface area contributed by atoms with Gasteiger partial charge in [-0.2, -0.15) is 0 Å². The zero-order chi connectivity index (χ0) is 13.1. The second-order valence-electron chi connectivity index (χ2n) is 4.30. The first-order chi connectivity index (χ1) is 8.56. The van der Waals surface area contributed by atoms with Crippen LogP contribution in [0.15, 0.2) is 18.3 Å². The number of ether oxygens (including phenoxy) is 1. The molecule has 3 N–H and O–H groups in total. The number of amides is 1. The minimum atomic E-state index is -0.943. The molecule has 1 atom stereocenters. The van der Waals surface area contributed by atoms with Gasteiger partial charge < -0.3 is 15.8 Å². The van der Waals surface area contributed by atoms with Crippen molar-refractivity contribution in [1.82, 2.24) is 4.98 Å². The van der Waals surface area contributed by atoms with Crippen molar-refractivity contribution in [2.75, 3.05) is 5.32 Å². The van der Waals surface area contributed by atoms with Gasteiger partial charge in [0.2, 0.25) is 0 Å². The van der Waals surface area contributed by atoms with E-state index < -0.39 is 18.0 Å². The Morgan fingerprint density at radius 2 is 2.22 bits per heavy atom. The Hall–Kier alpha value is -2.11. The predicted molar refractivity (Wildman–Crippen MR) is 65.0 cm³/mol. The molecule has 1 fully saturated rings. The number of primary amides is 1. The third-order valence-electron chi connectivity index (χ3n) is 2.61. The third-order valence-corrected chi connectivity index (χ3v) is 2.61. The van der Waals surface area contributed by atoms with Gasteiger partial charge in [0.1, 0.15) is 5.82 Å². The summed E-state index contributed by atoms with van der Waals surface area (Å²) in [6.45, 7) is 1.43. The van der Waals surface area contributed by atoms with E-state index in [1.54, 1.807) is 12.1 Å². The van der Waals surface area contributed by atoms with Crippen molar-refractivity contribution in [3.8, 4) is 0 Å². The van der Waals surface area contributed by atoms with Crippen LogP contribution in [-0.4, -0.2) is 29.0 Å². The summed E-state index contributed by atoms with van der Waals surface area (Å²) in [5.41, 5.74) is 5.30. The summed E-state index contributed by atoms with van der Waals surface area (Å²) in [5.74, 6) is -0.549. The van der Waals surface area contributed by atoms with Crippen LogP contribution in [0.25, 0.3) is 0 Å². The first-order valence-electron chi connectivity index (χ1n) is 5.79. The van der Waals surface area contributed by atoms with Crippen molar-refractivity contribution in [2.45, 2.75) is 31.9 Å². The smallest absolute Gasteiger partial charge is 0.340 e. The molecule has 1 amide bonds. The molecule has 2 rings (SSSR count). The van der Waals surface area contributed by atoms with E-state index in [2.05, 4.69) is 10.3 Å². The number of hydrogen-bond acceptors (Lipinski definition) is 5. The molecule has 0 aliphatic heterocycles. The number of rotatable bonds is 5. The van der Waals surface area contributed by atoms with E-state index in [9.17, 15) is 9.59 Å². The lowest BCUT2D eigenvalue weighted by Gasteiger charge is -2.09. The Balaban J connectivity index is 1.95. The van der Waals surface area contributed by atoms with Crippen LogP contribution < -0.4 is 11.1 Å². The Labute approximate surface area is 105 Å². The van der Waals surface area contributed by atoms with Crippen molar-refractivity contribution < 1.29 is 14.3 Å². The van der Waals surface area contributed by atoms with Gasteiger partial charge in [0, 0.05) is 12.2 Å². The fourth-order valence-electron chi connectivity index (χ4n) is 1.32. The van der Waals surface area contributed by atoms with Crippen LogP contribution in [0.5, 0.6) is 0 Å². The van der Waals surface area contributed by atoms with Gasteiger partial charge in [-0.15, -0.1) is 0 Å². The van der Waals surface area contributed by atoms with Gasteiger partial charge in [-0.05, 0) is 31.9 Å². The van der Waals surface area contributed by atoms with Crippen LogP contribution >= 0.6 is 0 Å². The molecule has 0 bridgehead atoms. The van der Waals surface area contributed by atoms with Gasteiger partial charge in [0.05, 0.1) is 5.56 Å². The van der Waals surface area contributed by atoms with E-state index in [-0.39, 0.29) is 0 Å². The Bertz CT molecular complexity index is 454. The molecular weight excluding hydrogens is 234 g/mol. The fourth-order valence-corrected chi connectivity index (χ4v) is 1.32. The molecule has 1 saturated carbocycles. The molecule has 0 radical (unpaired) electrons. The largest absolute Gasteiger partial charge is 0.449 e. The van der Waals surface area contributed by atoms with Crippen LogP contribution in [-0.2, 0) is 9.53 Å². The maximum absolute atomic E-state index is 11.6. The molecule has 1 aromatic heterocycles. The number of carbonyl (C=O) groups is 2. The summed E-state index contributed by atoms with van der Waals surface area (Å²) < 4.78 is 4.86. The van der Waals surface area contributed by atoms with E-state index in [4.69, 9.17) is 10.5 Å². The highest BCUT2D eigenvalue weighted by Crippen LogP contribution is 2.23. The van der Waals surface area contributed by atoms with Crippen molar-refractivity contribution in [2.24, 2.45) is 5.73 Å². The van der Waals surface area contributed by atoms with Gasteiger partial charge >= 0.3 is 5.97 Å². The Morgan fingerprint density at radius 3 is 2.72 bits per heavy atom. The monoisotopic (exact) mass is 249 g/mol. The summed E-state index contributed by atoms with van der Waals surface area (Å²) in [6.07, 6.45) is 2.78. The molecule has 0 aromatic carbocycles. The minimum absolute atomic E-state index is 0.296. The van der Waals surface area contributed by atoms with Crippen LogP contribution in [0, 0.1) is 0 Å². The van der Waals surface area contributed by atoms with Crippen LogP contribution in [0.2, 0.25) is 0 Å². The van der Waals surface area contributed by atoms with Gasteiger partial charge in [-0.3, -0.25) is 4.79 Å². The summed E-state index contributed by atoms with van der Waals surface area (Å²) in [4.78, 5) is 26.5. The van der Waals surface area contributed by atoms with E-state index >= 15 is 0 Å². The van der Waals surface area contributed by atoms with Gasteiger partial charge in [0.15, 0.2) is 6.10 Å². The molecule has 1 aliphatic rings. The van der Waals surface area contributed by atoms with Crippen molar-refractivity contribution in [3.63, 3.8) is 0 Å². The summed E-state index contributed by atoms with van der Waals surface area (Å²) in [7, 11) is 0. The first kappa shape index (κ1) is 12.3. The lowest BCUT2D eigenvalue weighted by atomic mass is 10.3. The number of anilines is 1. The number of pyridine rings is 1. The van der Waals surface area contributed by atoms with Gasteiger partial charge in [0.25, 0.3) is 5.91 Å². The van der Waals surface area contributed by atoms with Crippen molar-refractivity contribution >= 4 is 17.7 Å².